The van der Waals surface area contributed by atoms with Crippen LogP contribution in [0.4, 0.5) is 4.79 Å². The van der Waals surface area contributed by atoms with Gasteiger partial charge in [0.1, 0.15) is 6.04 Å². The number of unbranched alkanes of at least 4 members (excludes halogenated alkanes) is 1. The summed E-state index contributed by atoms with van der Waals surface area (Å²) in [7, 11) is 1.47. The fourth-order valence-corrected chi connectivity index (χ4v) is 0.908. The summed E-state index contributed by atoms with van der Waals surface area (Å²) in [6, 6.07) is -0.663. The lowest BCUT2D eigenvalue weighted by molar-refractivity contribution is -0.148. The molecule has 1 unspecified atom stereocenters. The fraction of sp³-hybridized carbons (Fsp3) is 0.636. The van der Waals surface area contributed by atoms with Crippen molar-refractivity contribution >= 4 is 12.1 Å². The summed E-state index contributed by atoms with van der Waals surface area (Å²) in [4.78, 5) is 23.9. The molecule has 5 heteroatoms. The van der Waals surface area contributed by atoms with E-state index in [-0.39, 0.29) is 0 Å². The summed E-state index contributed by atoms with van der Waals surface area (Å²) < 4.78 is 9.52. The molecular weight excluding hydrogens is 210 g/mol. The molecule has 0 aromatic rings. The van der Waals surface area contributed by atoms with Gasteiger partial charge < -0.3 is 9.47 Å². The Kier molecular flexibility index (Phi) is 7.00. The Morgan fingerprint density at radius 2 is 2.12 bits per heavy atom. The maximum absolute atomic E-state index is 11.5. The lowest BCUT2D eigenvalue weighted by Crippen LogP contribution is -2.41. The molecular formula is C11H19NO4. The van der Waals surface area contributed by atoms with Crippen molar-refractivity contribution in [2.24, 2.45) is 0 Å². The zero-order valence-corrected chi connectivity index (χ0v) is 10.1. The monoisotopic (exact) mass is 229 g/mol. The maximum Gasteiger partial charge on any atom is 0.415 e. The van der Waals surface area contributed by atoms with Gasteiger partial charge in [0, 0.05) is 7.05 Å². The summed E-state index contributed by atoms with van der Waals surface area (Å²) in [5, 5.41) is 0. The smallest absolute Gasteiger partial charge is 0.415 e. The average molecular weight is 229 g/mol. The van der Waals surface area contributed by atoms with Crippen molar-refractivity contribution in [1.82, 2.24) is 4.90 Å². The van der Waals surface area contributed by atoms with Crippen molar-refractivity contribution in [1.29, 1.82) is 0 Å². The van der Waals surface area contributed by atoms with Gasteiger partial charge >= 0.3 is 12.1 Å². The molecule has 1 atom stereocenters. The van der Waals surface area contributed by atoms with E-state index in [4.69, 9.17) is 4.74 Å². The summed E-state index contributed by atoms with van der Waals surface area (Å²) >= 11 is 0. The molecule has 0 saturated carbocycles. The molecule has 0 aromatic carbocycles. The molecule has 0 aliphatic heterocycles. The van der Waals surface area contributed by atoms with Crippen LogP contribution >= 0.6 is 0 Å². The lowest BCUT2D eigenvalue weighted by atomic mass is 10.3. The Morgan fingerprint density at radius 1 is 1.50 bits per heavy atom. The predicted octanol–water partition coefficient (Wildman–Crippen LogP) is 1.93. The van der Waals surface area contributed by atoms with Crippen LogP contribution in [0.15, 0.2) is 12.8 Å². The standard InChI is InChI=1S/C11H19NO4/c1-5-7-8-16-10(13)9(3)12(4)11(14)15-6-2/h6,9H,2,5,7-8H2,1,3-4H3. The molecule has 1 amide bonds. The largest absolute Gasteiger partial charge is 0.464 e. The molecule has 0 saturated heterocycles. The highest BCUT2D eigenvalue weighted by molar-refractivity contribution is 5.80. The highest BCUT2D eigenvalue weighted by Crippen LogP contribution is 2.02. The predicted molar refractivity (Wildman–Crippen MR) is 59.8 cm³/mol. The van der Waals surface area contributed by atoms with Gasteiger partial charge in [0.2, 0.25) is 0 Å². The van der Waals surface area contributed by atoms with Crippen LogP contribution in [0.1, 0.15) is 26.7 Å². The highest BCUT2D eigenvalue weighted by Gasteiger charge is 2.24. The van der Waals surface area contributed by atoms with Crippen LogP contribution in [0, 0.1) is 0 Å². The van der Waals surface area contributed by atoms with Crippen molar-refractivity contribution in [2.45, 2.75) is 32.7 Å². The first kappa shape index (κ1) is 14.5. The van der Waals surface area contributed by atoms with Crippen LogP contribution in [-0.4, -0.2) is 36.7 Å². The van der Waals surface area contributed by atoms with E-state index in [0.717, 1.165) is 24.0 Å². The number of ether oxygens (including phenoxy) is 2. The molecule has 0 aliphatic carbocycles. The molecule has 0 aromatic heterocycles. The van der Waals surface area contributed by atoms with E-state index in [9.17, 15) is 9.59 Å². The van der Waals surface area contributed by atoms with Crippen LogP contribution in [0.25, 0.3) is 0 Å². The molecule has 0 radical (unpaired) electrons. The van der Waals surface area contributed by atoms with Crippen LogP contribution in [-0.2, 0) is 14.3 Å². The van der Waals surface area contributed by atoms with Crippen molar-refractivity contribution in [2.75, 3.05) is 13.7 Å². The van der Waals surface area contributed by atoms with Crippen molar-refractivity contribution < 1.29 is 19.1 Å². The Morgan fingerprint density at radius 3 is 2.62 bits per heavy atom. The lowest BCUT2D eigenvalue weighted by Gasteiger charge is -2.21. The summed E-state index contributed by atoms with van der Waals surface area (Å²) in [5.41, 5.74) is 0. The molecule has 0 aliphatic rings. The Bertz CT molecular complexity index is 252. The minimum Gasteiger partial charge on any atom is -0.464 e. The molecule has 0 N–H and O–H groups in total. The zero-order chi connectivity index (χ0) is 12.6. The normalized spacial score (nSPS) is 11.4. The molecule has 5 nitrogen and oxygen atoms in total. The minimum absolute atomic E-state index is 0.379. The van der Waals surface area contributed by atoms with Crippen LogP contribution in [0.3, 0.4) is 0 Å². The van der Waals surface area contributed by atoms with Gasteiger partial charge in [-0.2, -0.15) is 0 Å². The maximum atomic E-state index is 11.5. The van der Waals surface area contributed by atoms with Gasteiger partial charge in [-0.3, -0.25) is 4.90 Å². The van der Waals surface area contributed by atoms with E-state index in [2.05, 4.69) is 11.3 Å². The summed E-state index contributed by atoms with van der Waals surface area (Å²) in [6.07, 6.45) is 2.17. The number of rotatable bonds is 6. The zero-order valence-electron chi connectivity index (χ0n) is 10.1. The first-order valence-corrected chi connectivity index (χ1v) is 5.25. The number of likely N-dealkylation sites (N-methyl/N-ethyl adjacent to an activating group) is 1. The quantitative estimate of drug-likeness (QED) is 0.397. The number of carbonyl (C=O) groups excluding carboxylic acids is 2. The molecule has 0 heterocycles. The average Bonchev–Trinajstić information content (AvgIpc) is 2.27. The van der Waals surface area contributed by atoms with E-state index in [1.54, 1.807) is 6.92 Å². The number of carbonyl (C=O) groups is 2. The van der Waals surface area contributed by atoms with Crippen molar-refractivity contribution in [3.05, 3.63) is 12.8 Å². The van der Waals surface area contributed by atoms with Gasteiger partial charge in [0.05, 0.1) is 12.9 Å². The van der Waals surface area contributed by atoms with Crippen LogP contribution in [0.5, 0.6) is 0 Å². The Hall–Kier alpha value is -1.52. The van der Waals surface area contributed by atoms with E-state index in [1.807, 2.05) is 6.92 Å². The van der Waals surface area contributed by atoms with Crippen molar-refractivity contribution in [3.63, 3.8) is 0 Å². The number of nitrogens with zero attached hydrogens (tertiary/aromatic N) is 1. The van der Waals surface area contributed by atoms with Gasteiger partial charge in [0.15, 0.2) is 0 Å². The first-order valence-electron chi connectivity index (χ1n) is 5.25. The SMILES string of the molecule is C=COC(=O)N(C)C(C)C(=O)OCCCC. The minimum atomic E-state index is -0.663. The van der Waals surface area contributed by atoms with Gasteiger partial charge in [-0.25, -0.2) is 9.59 Å². The topological polar surface area (TPSA) is 55.8 Å². The number of esters is 1. The second kappa shape index (κ2) is 7.73. The third-order valence-corrected chi connectivity index (χ3v) is 2.14. The van der Waals surface area contributed by atoms with Crippen molar-refractivity contribution in [3.8, 4) is 0 Å². The Balaban J connectivity index is 4.10. The highest BCUT2D eigenvalue weighted by atomic mass is 16.6. The third-order valence-electron chi connectivity index (χ3n) is 2.14. The molecule has 0 bridgehead atoms. The van der Waals surface area contributed by atoms with E-state index in [1.165, 1.54) is 7.05 Å². The number of amides is 1. The van der Waals surface area contributed by atoms with Crippen LogP contribution < -0.4 is 0 Å². The fourth-order valence-electron chi connectivity index (χ4n) is 0.908. The third kappa shape index (κ3) is 4.82. The van der Waals surface area contributed by atoms with E-state index >= 15 is 0 Å². The number of hydrogen-bond donors (Lipinski definition) is 0. The number of hydrogen-bond acceptors (Lipinski definition) is 4. The van der Waals surface area contributed by atoms with E-state index < -0.39 is 18.1 Å². The van der Waals surface area contributed by atoms with Gasteiger partial charge in [-0.15, -0.1) is 0 Å². The molecule has 0 rings (SSSR count). The van der Waals surface area contributed by atoms with Gasteiger partial charge in [0.25, 0.3) is 0 Å². The molecule has 16 heavy (non-hydrogen) atoms. The summed E-state index contributed by atoms with van der Waals surface area (Å²) in [5.74, 6) is -0.433. The van der Waals surface area contributed by atoms with E-state index in [0.29, 0.717) is 6.61 Å². The molecule has 92 valence electrons. The van der Waals surface area contributed by atoms with Crippen LogP contribution in [0.2, 0.25) is 0 Å². The molecule has 0 spiro atoms. The first-order chi connectivity index (χ1) is 7.54. The molecule has 0 fully saturated rings. The van der Waals surface area contributed by atoms with Gasteiger partial charge in [-0.05, 0) is 13.3 Å². The Labute approximate surface area is 96.0 Å². The van der Waals surface area contributed by atoms with Gasteiger partial charge in [-0.1, -0.05) is 19.9 Å². The summed E-state index contributed by atoms with van der Waals surface area (Å²) in [6.45, 7) is 7.23. The second-order valence-electron chi connectivity index (χ2n) is 3.36. The second-order valence-corrected chi connectivity index (χ2v) is 3.36.